The lowest BCUT2D eigenvalue weighted by Gasteiger charge is -2.30. The number of rotatable bonds is 1. The molecule has 1 aliphatic rings. The number of hydrogen-bond donors (Lipinski definition) is 1. The summed E-state index contributed by atoms with van der Waals surface area (Å²) in [6, 6.07) is 14.0. The Kier molecular flexibility index (Phi) is 3.21. The van der Waals surface area contributed by atoms with Crippen LogP contribution in [0.15, 0.2) is 42.5 Å². The fraction of sp³-hybridized carbons (Fsp3) is 0.250. The Morgan fingerprint density at radius 1 is 1.16 bits per heavy atom. The first-order chi connectivity index (χ1) is 9.13. The van der Waals surface area contributed by atoms with Gasteiger partial charge >= 0.3 is 0 Å². The molecule has 19 heavy (non-hydrogen) atoms. The molecule has 0 bridgehead atoms. The molecule has 98 valence electrons. The Labute approximate surface area is 118 Å². The van der Waals surface area contributed by atoms with Crippen LogP contribution in [0.1, 0.15) is 35.3 Å². The van der Waals surface area contributed by atoms with Crippen molar-refractivity contribution in [3.63, 3.8) is 0 Å². The highest BCUT2D eigenvalue weighted by atomic mass is 35.5. The quantitative estimate of drug-likeness (QED) is 0.846. The van der Waals surface area contributed by atoms with Crippen molar-refractivity contribution in [1.82, 2.24) is 0 Å². The van der Waals surface area contributed by atoms with E-state index in [1.54, 1.807) is 0 Å². The van der Waals surface area contributed by atoms with Crippen molar-refractivity contribution in [1.29, 1.82) is 0 Å². The van der Waals surface area contributed by atoms with Gasteiger partial charge in [0.15, 0.2) is 0 Å². The summed E-state index contributed by atoms with van der Waals surface area (Å²) in [6.07, 6.45) is 0.792. The lowest BCUT2D eigenvalue weighted by atomic mass is 9.93. The highest BCUT2D eigenvalue weighted by Crippen LogP contribution is 2.40. The number of aryl methyl sites for hydroxylation is 1. The zero-order valence-electron chi connectivity index (χ0n) is 10.8. The second-order valence-electron chi connectivity index (χ2n) is 5.04. The highest BCUT2D eigenvalue weighted by Gasteiger charge is 2.26. The Bertz CT molecular complexity index is 594. The van der Waals surface area contributed by atoms with Gasteiger partial charge < -0.3 is 10.5 Å². The SMILES string of the molecule is Cc1ccc2c(c1)[C@@H](N)CC(c1ccc(Cl)cc1)O2. The molecule has 0 spiro atoms. The van der Waals surface area contributed by atoms with Gasteiger partial charge in [0, 0.05) is 23.0 Å². The summed E-state index contributed by atoms with van der Waals surface area (Å²) in [7, 11) is 0. The van der Waals surface area contributed by atoms with Gasteiger partial charge in [0.25, 0.3) is 0 Å². The van der Waals surface area contributed by atoms with Crippen LogP contribution in [0.5, 0.6) is 5.75 Å². The molecule has 1 heterocycles. The van der Waals surface area contributed by atoms with E-state index in [9.17, 15) is 0 Å². The van der Waals surface area contributed by atoms with E-state index >= 15 is 0 Å². The molecule has 1 aliphatic heterocycles. The maximum absolute atomic E-state index is 6.27. The molecular formula is C16H16ClNO. The molecule has 0 aliphatic carbocycles. The van der Waals surface area contributed by atoms with E-state index in [1.807, 2.05) is 30.3 Å². The van der Waals surface area contributed by atoms with Crippen LogP contribution in [0.3, 0.4) is 0 Å². The predicted molar refractivity (Wildman–Crippen MR) is 77.5 cm³/mol. The summed E-state index contributed by atoms with van der Waals surface area (Å²) < 4.78 is 6.06. The van der Waals surface area contributed by atoms with Gasteiger partial charge in [-0.15, -0.1) is 0 Å². The van der Waals surface area contributed by atoms with Crippen molar-refractivity contribution in [2.24, 2.45) is 5.73 Å². The molecule has 0 fully saturated rings. The second-order valence-corrected chi connectivity index (χ2v) is 5.48. The van der Waals surface area contributed by atoms with E-state index in [2.05, 4.69) is 19.1 Å². The van der Waals surface area contributed by atoms with Crippen LogP contribution < -0.4 is 10.5 Å². The molecule has 3 heteroatoms. The smallest absolute Gasteiger partial charge is 0.126 e. The normalized spacial score (nSPS) is 21.6. The van der Waals surface area contributed by atoms with Crippen molar-refractivity contribution < 1.29 is 4.74 Å². The summed E-state index contributed by atoms with van der Waals surface area (Å²) in [4.78, 5) is 0. The first-order valence-corrected chi connectivity index (χ1v) is 6.79. The van der Waals surface area contributed by atoms with Gasteiger partial charge in [-0.2, -0.15) is 0 Å². The fourth-order valence-electron chi connectivity index (χ4n) is 2.51. The molecule has 0 aromatic heterocycles. The first kappa shape index (κ1) is 12.5. The number of benzene rings is 2. The average Bonchev–Trinajstić information content (AvgIpc) is 2.40. The van der Waals surface area contributed by atoms with Gasteiger partial charge in [0.2, 0.25) is 0 Å². The monoisotopic (exact) mass is 273 g/mol. The van der Waals surface area contributed by atoms with Crippen LogP contribution in [0, 0.1) is 6.92 Å². The van der Waals surface area contributed by atoms with E-state index in [0.717, 1.165) is 28.3 Å². The third kappa shape index (κ3) is 2.46. The zero-order valence-corrected chi connectivity index (χ0v) is 11.5. The number of fused-ring (bicyclic) bond motifs is 1. The second kappa shape index (κ2) is 4.87. The van der Waals surface area contributed by atoms with E-state index in [0.29, 0.717) is 0 Å². The fourth-order valence-corrected chi connectivity index (χ4v) is 2.63. The number of halogens is 1. The van der Waals surface area contributed by atoms with E-state index < -0.39 is 0 Å². The van der Waals surface area contributed by atoms with Crippen LogP contribution in [0.2, 0.25) is 5.02 Å². The number of nitrogens with two attached hydrogens (primary N) is 1. The van der Waals surface area contributed by atoms with Crippen LogP contribution in [-0.2, 0) is 0 Å². The molecule has 3 rings (SSSR count). The van der Waals surface area contributed by atoms with Crippen LogP contribution in [-0.4, -0.2) is 0 Å². The van der Waals surface area contributed by atoms with Crippen LogP contribution in [0.25, 0.3) is 0 Å². The van der Waals surface area contributed by atoms with E-state index in [4.69, 9.17) is 22.1 Å². The number of ether oxygens (including phenoxy) is 1. The maximum atomic E-state index is 6.27. The van der Waals surface area contributed by atoms with Crippen LogP contribution in [0.4, 0.5) is 0 Å². The molecule has 2 atom stereocenters. The third-order valence-electron chi connectivity index (χ3n) is 3.54. The Morgan fingerprint density at radius 2 is 1.89 bits per heavy atom. The molecule has 0 radical (unpaired) electrons. The topological polar surface area (TPSA) is 35.2 Å². The summed E-state index contributed by atoms with van der Waals surface area (Å²) in [5.74, 6) is 0.893. The van der Waals surface area contributed by atoms with Gasteiger partial charge in [-0.05, 0) is 30.7 Å². The van der Waals surface area contributed by atoms with Gasteiger partial charge in [0.1, 0.15) is 11.9 Å². The molecule has 1 unspecified atom stereocenters. The molecule has 2 nitrogen and oxygen atoms in total. The highest BCUT2D eigenvalue weighted by molar-refractivity contribution is 6.30. The van der Waals surface area contributed by atoms with Crippen molar-refractivity contribution in [2.75, 3.05) is 0 Å². The molecule has 2 N–H and O–H groups in total. The largest absolute Gasteiger partial charge is 0.485 e. The maximum Gasteiger partial charge on any atom is 0.126 e. The molecular weight excluding hydrogens is 258 g/mol. The predicted octanol–water partition coefficient (Wildman–Crippen LogP) is 4.17. The van der Waals surface area contributed by atoms with Crippen molar-refractivity contribution in [3.05, 3.63) is 64.2 Å². The molecule has 0 saturated carbocycles. The Morgan fingerprint density at radius 3 is 2.63 bits per heavy atom. The summed E-state index contributed by atoms with van der Waals surface area (Å²) >= 11 is 5.91. The minimum absolute atomic E-state index is 0.00229. The lowest BCUT2D eigenvalue weighted by molar-refractivity contribution is 0.161. The van der Waals surface area contributed by atoms with Gasteiger partial charge in [-0.1, -0.05) is 41.4 Å². The molecule has 2 aromatic carbocycles. The zero-order chi connectivity index (χ0) is 13.4. The average molecular weight is 274 g/mol. The van der Waals surface area contributed by atoms with Gasteiger partial charge in [-0.25, -0.2) is 0 Å². The minimum Gasteiger partial charge on any atom is -0.485 e. The first-order valence-electron chi connectivity index (χ1n) is 6.42. The Balaban J connectivity index is 1.92. The van der Waals surface area contributed by atoms with E-state index in [1.165, 1.54) is 5.56 Å². The van der Waals surface area contributed by atoms with E-state index in [-0.39, 0.29) is 12.1 Å². The molecule has 0 amide bonds. The third-order valence-corrected chi connectivity index (χ3v) is 3.80. The standard InChI is InChI=1S/C16H16ClNO/c1-10-2-7-15-13(8-10)14(18)9-16(19-15)11-3-5-12(17)6-4-11/h2-8,14,16H,9,18H2,1H3/t14-,16?/m0/s1. The minimum atomic E-state index is 0.00229. The van der Waals surface area contributed by atoms with Gasteiger partial charge in [-0.3, -0.25) is 0 Å². The van der Waals surface area contributed by atoms with Crippen molar-refractivity contribution in [3.8, 4) is 5.75 Å². The van der Waals surface area contributed by atoms with Crippen molar-refractivity contribution in [2.45, 2.75) is 25.5 Å². The van der Waals surface area contributed by atoms with Crippen molar-refractivity contribution >= 4 is 11.6 Å². The molecule has 2 aromatic rings. The molecule has 0 saturated heterocycles. The van der Waals surface area contributed by atoms with Crippen LogP contribution >= 0.6 is 11.6 Å². The van der Waals surface area contributed by atoms with Gasteiger partial charge in [0.05, 0.1) is 0 Å². The Hall–Kier alpha value is -1.51. The summed E-state index contributed by atoms with van der Waals surface area (Å²) in [5, 5.41) is 0.736. The lowest BCUT2D eigenvalue weighted by Crippen LogP contribution is -2.24. The summed E-state index contributed by atoms with van der Waals surface area (Å²) in [6.45, 7) is 2.07. The number of hydrogen-bond acceptors (Lipinski definition) is 2. The summed E-state index contributed by atoms with van der Waals surface area (Å²) in [5.41, 5.74) is 9.70.